The van der Waals surface area contributed by atoms with Gasteiger partial charge in [0.15, 0.2) is 11.5 Å². The van der Waals surface area contributed by atoms with E-state index < -0.39 is 5.41 Å². The second-order valence-corrected chi connectivity index (χ2v) is 7.45. The molecule has 6 heteroatoms. The van der Waals surface area contributed by atoms with Crippen LogP contribution in [0.1, 0.15) is 48.9 Å². The van der Waals surface area contributed by atoms with Gasteiger partial charge in [0.1, 0.15) is 11.9 Å². The molecule has 27 heavy (non-hydrogen) atoms. The van der Waals surface area contributed by atoms with Gasteiger partial charge >= 0.3 is 0 Å². The normalized spacial score (nSPS) is 22.1. The molecule has 1 unspecified atom stereocenters. The summed E-state index contributed by atoms with van der Waals surface area (Å²) in [6.45, 7) is 0. The van der Waals surface area contributed by atoms with Crippen molar-refractivity contribution in [1.29, 1.82) is 5.26 Å². The molecule has 2 aliphatic carbocycles. The number of benzene rings is 1. The number of ether oxygens (including phenoxy) is 2. The zero-order valence-electron chi connectivity index (χ0n) is 15.5. The van der Waals surface area contributed by atoms with Crippen LogP contribution in [0.2, 0.25) is 0 Å². The third-order valence-electron chi connectivity index (χ3n) is 5.85. The first-order valence-corrected chi connectivity index (χ1v) is 9.46. The number of fused-ring (bicyclic) bond motifs is 1. The van der Waals surface area contributed by atoms with Crippen LogP contribution in [0.15, 0.2) is 30.7 Å². The Hall–Kier alpha value is -2.81. The van der Waals surface area contributed by atoms with Gasteiger partial charge in [-0.05, 0) is 49.8 Å². The molecule has 0 amide bonds. The Labute approximate surface area is 159 Å². The first-order chi connectivity index (χ1) is 13.1. The minimum atomic E-state index is -0.691. The van der Waals surface area contributed by atoms with E-state index in [-0.39, 0.29) is 6.10 Å². The maximum atomic E-state index is 12.0. The van der Waals surface area contributed by atoms with Crippen LogP contribution in [0.4, 0.5) is 0 Å². The second kappa shape index (κ2) is 7.07. The third kappa shape index (κ3) is 3.18. The quantitative estimate of drug-likeness (QED) is 0.614. The van der Waals surface area contributed by atoms with Crippen molar-refractivity contribution in [2.24, 2.45) is 0 Å². The average molecular weight is 365 g/mol. The highest BCUT2D eigenvalue weighted by Gasteiger charge is 2.39. The molecule has 1 saturated carbocycles. The van der Waals surface area contributed by atoms with Crippen molar-refractivity contribution in [2.45, 2.75) is 56.5 Å². The van der Waals surface area contributed by atoms with Gasteiger partial charge in [-0.15, -0.1) is 0 Å². The topological polar surface area (TPSA) is 82.1 Å². The van der Waals surface area contributed by atoms with Crippen molar-refractivity contribution in [2.75, 3.05) is 7.11 Å². The maximum Gasteiger partial charge on any atom is 0.289 e. The molecular weight excluding hydrogens is 342 g/mol. The summed E-state index contributed by atoms with van der Waals surface area (Å²) in [5.74, 6) is 1.39. The van der Waals surface area contributed by atoms with Gasteiger partial charge in [-0.2, -0.15) is 5.26 Å². The number of hydrogen-bond donors (Lipinski definition) is 0. The van der Waals surface area contributed by atoms with Crippen LogP contribution < -0.4 is 14.2 Å². The van der Waals surface area contributed by atoms with E-state index in [2.05, 4.69) is 11.1 Å². The molecule has 6 nitrogen and oxygen atoms in total. The number of nitriles is 1. The van der Waals surface area contributed by atoms with Gasteiger partial charge in [0.05, 0.1) is 24.7 Å². The summed E-state index contributed by atoms with van der Waals surface area (Å²) in [7, 11) is 1.63. The summed E-state index contributed by atoms with van der Waals surface area (Å²) < 4.78 is 12.5. The fourth-order valence-corrected chi connectivity index (χ4v) is 4.29. The van der Waals surface area contributed by atoms with E-state index in [1.54, 1.807) is 13.3 Å². The summed E-state index contributed by atoms with van der Waals surface area (Å²) in [5.41, 5.74) is 1.77. The van der Waals surface area contributed by atoms with Crippen LogP contribution in [0.5, 0.6) is 11.5 Å². The lowest BCUT2D eigenvalue weighted by molar-refractivity contribution is -0.618. The monoisotopic (exact) mass is 365 g/mol. The van der Waals surface area contributed by atoms with Crippen molar-refractivity contribution < 1.29 is 14.2 Å². The van der Waals surface area contributed by atoms with Crippen molar-refractivity contribution in [3.8, 4) is 17.6 Å². The molecule has 1 heterocycles. The zero-order chi connectivity index (χ0) is 18.9. The molecule has 0 N–H and O–H groups in total. The highest BCUT2D eigenvalue weighted by molar-refractivity contribution is 5.49. The highest BCUT2D eigenvalue weighted by atomic mass is 16.5. The third-order valence-corrected chi connectivity index (χ3v) is 5.85. The molecule has 0 radical (unpaired) electrons. The molecule has 0 saturated heterocycles. The van der Waals surface area contributed by atoms with E-state index in [1.165, 1.54) is 19.2 Å². The Morgan fingerprint density at radius 1 is 1.30 bits per heavy atom. The minimum absolute atomic E-state index is 0.211. The molecule has 1 atom stereocenters. The van der Waals surface area contributed by atoms with Crippen molar-refractivity contribution in [1.82, 2.24) is 4.98 Å². The number of hydrogen-bond acceptors (Lipinski definition) is 5. The predicted molar refractivity (Wildman–Crippen MR) is 98.4 cm³/mol. The Kier molecular flexibility index (Phi) is 4.61. The number of aromatic nitrogens is 2. The van der Waals surface area contributed by atoms with E-state index in [1.807, 2.05) is 18.2 Å². The van der Waals surface area contributed by atoms with Crippen molar-refractivity contribution in [3.63, 3.8) is 0 Å². The molecule has 0 bridgehead atoms. The molecular formula is C21H23N3O3. The SMILES string of the molecule is COc1ccc(C2(C#N)CCc3c(cnc[n+]3[O-])C2)cc1OC1CCCC1. The van der Waals surface area contributed by atoms with Crippen molar-refractivity contribution in [3.05, 3.63) is 52.8 Å². The molecule has 0 aliphatic heterocycles. The van der Waals surface area contributed by atoms with Crippen LogP contribution >= 0.6 is 0 Å². The van der Waals surface area contributed by atoms with Gasteiger partial charge in [0.2, 0.25) is 0 Å². The maximum absolute atomic E-state index is 12.0. The van der Waals surface area contributed by atoms with E-state index in [9.17, 15) is 10.5 Å². The Morgan fingerprint density at radius 3 is 2.85 bits per heavy atom. The smallest absolute Gasteiger partial charge is 0.289 e. The molecule has 2 aliphatic rings. The molecule has 1 aromatic heterocycles. The lowest BCUT2D eigenvalue weighted by Gasteiger charge is -2.32. The van der Waals surface area contributed by atoms with Crippen LogP contribution in [-0.4, -0.2) is 18.2 Å². The highest BCUT2D eigenvalue weighted by Crippen LogP contribution is 2.41. The van der Waals surface area contributed by atoms with Gasteiger partial charge < -0.3 is 14.7 Å². The minimum Gasteiger partial charge on any atom is -0.711 e. The molecule has 140 valence electrons. The fraction of sp³-hybridized carbons (Fsp3) is 0.476. The summed E-state index contributed by atoms with van der Waals surface area (Å²) in [6, 6.07) is 8.29. The Bertz CT molecular complexity index is 887. The largest absolute Gasteiger partial charge is 0.711 e. The number of rotatable bonds is 4. The van der Waals surface area contributed by atoms with Gasteiger partial charge in [-0.1, -0.05) is 11.1 Å². The summed E-state index contributed by atoms with van der Waals surface area (Å²) in [6.07, 6.45) is 9.30. The summed E-state index contributed by atoms with van der Waals surface area (Å²) in [4.78, 5) is 4.00. The van der Waals surface area contributed by atoms with Crippen LogP contribution in [-0.2, 0) is 18.3 Å². The van der Waals surface area contributed by atoms with Gasteiger partial charge in [-0.3, -0.25) is 0 Å². The second-order valence-electron chi connectivity index (χ2n) is 7.45. The standard InChI is InChI=1S/C21H23N3O3/c1-26-19-7-6-16(10-20(19)27-17-4-2-3-5-17)21(13-22)9-8-18-15(11-21)12-23-14-24(18)25/h6-7,10,12,14,17H,2-5,8-9,11H2,1H3. The van der Waals surface area contributed by atoms with Crippen molar-refractivity contribution >= 4 is 0 Å². The van der Waals surface area contributed by atoms with Crippen LogP contribution in [0.25, 0.3) is 0 Å². The zero-order valence-corrected chi connectivity index (χ0v) is 15.5. The first kappa shape index (κ1) is 17.6. The number of methoxy groups -OCH3 is 1. The van der Waals surface area contributed by atoms with E-state index >= 15 is 0 Å². The number of nitrogens with zero attached hydrogens (tertiary/aromatic N) is 3. The lowest BCUT2D eigenvalue weighted by Crippen LogP contribution is -2.41. The van der Waals surface area contributed by atoms with E-state index in [0.717, 1.165) is 28.7 Å². The molecule has 0 spiro atoms. The molecule has 2 aromatic rings. The molecule has 4 rings (SSSR count). The van der Waals surface area contributed by atoms with Crippen LogP contribution in [0.3, 0.4) is 0 Å². The lowest BCUT2D eigenvalue weighted by atomic mass is 9.69. The summed E-state index contributed by atoms with van der Waals surface area (Å²) >= 11 is 0. The first-order valence-electron chi connectivity index (χ1n) is 9.46. The summed E-state index contributed by atoms with van der Waals surface area (Å²) in [5, 5.41) is 22.0. The predicted octanol–water partition coefficient (Wildman–Crippen LogP) is 3.00. The fourth-order valence-electron chi connectivity index (χ4n) is 4.29. The Balaban J connectivity index is 1.69. The average Bonchev–Trinajstić information content (AvgIpc) is 3.21. The molecule has 1 fully saturated rings. The van der Waals surface area contributed by atoms with E-state index in [0.29, 0.717) is 36.5 Å². The van der Waals surface area contributed by atoms with Gasteiger partial charge in [0, 0.05) is 18.4 Å². The van der Waals surface area contributed by atoms with E-state index in [4.69, 9.17) is 9.47 Å². The van der Waals surface area contributed by atoms with Gasteiger partial charge in [-0.25, -0.2) is 4.73 Å². The van der Waals surface area contributed by atoms with Gasteiger partial charge in [0.25, 0.3) is 6.33 Å². The van der Waals surface area contributed by atoms with Crippen LogP contribution in [0, 0.1) is 16.5 Å². The molecule has 1 aromatic carbocycles. The Morgan fingerprint density at radius 2 is 2.11 bits per heavy atom.